The molecule has 0 bridgehead atoms. The molecule has 1 fully saturated rings. The van der Waals surface area contributed by atoms with Gasteiger partial charge in [0.1, 0.15) is 4.70 Å². The van der Waals surface area contributed by atoms with E-state index in [2.05, 4.69) is 24.1 Å². The summed E-state index contributed by atoms with van der Waals surface area (Å²) in [6.07, 6.45) is 3.47. The maximum Gasteiger partial charge on any atom is 0.328 e. The molecule has 1 saturated carbocycles. The first-order chi connectivity index (χ1) is 11.5. The number of hydrogen-bond donors (Lipinski definition) is 2. The van der Waals surface area contributed by atoms with Gasteiger partial charge in [0.15, 0.2) is 0 Å². The van der Waals surface area contributed by atoms with Gasteiger partial charge in [0, 0.05) is 19.0 Å². The molecule has 0 spiro atoms. The number of nitrogens with one attached hydrogen (secondary N) is 2. The molecule has 24 heavy (non-hydrogen) atoms. The third kappa shape index (κ3) is 3.31. The molecule has 3 rings (SSSR count). The van der Waals surface area contributed by atoms with Crippen molar-refractivity contribution in [3.8, 4) is 0 Å². The Morgan fingerprint density at radius 3 is 2.96 bits per heavy atom. The topological polar surface area (TPSA) is 84.0 Å². The number of nitrogens with zero attached hydrogens (tertiary/aromatic N) is 1. The van der Waals surface area contributed by atoms with E-state index >= 15 is 0 Å². The molecular formula is C17H23N3O3S. The zero-order valence-corrected chi connectivity index (χ0v) is 14.8. The zero-order chi connectivity index (χ0) is 17.3. The fourth-order valence-electron chi connectivity index (χ4n) is 3.45. The molecule has 0 aliphatic heterocycles. The molecule has 1 aliphatic rings. The summed E-state index contributed by atoms with van der Waals surface area (Å²) in [7, 11) is 0. The lowest BCUT2D eigenvalue weighted by atomic mass is 9.78. The summed E-state index contributed by atoms with van der Waals surface area (Å²) in [5.41, 5.74) is -0.227. The van der Waals surface area contributed by atoms with Crippen molar-refractivity contribution in [1.29, 1.82) is 0 Å². The summed E-state index contributed by atoms with van der Waals surface area (Å²) in [5.74, 6) is 0.963. The van der Waals surface area contributed by atoms with Crippen molar-refractivity contribution in [2.24, 2.45) is 11.8 Å². The van der Waals surface area contributed by atoms with Gasteiger partial charge >= 0.3 is 5.69 Å². The Labute approximate surface area is 143 Å². The Morgan fingerprint density at radius 2 is 2.17 bits per heavy atom. The van der Waals surface area contributed by atoms with E-state index in [1.165, 1.54) is 17.8 Å². The van der Waals surface area contributed by atoms with Crippen LogP contribution in [0.15, 0.2) is 21.0 Å². The molecule has 7 heteroatoms. The van der Waals surface area contributed by atoms with Crippen molar-refractivity contribution in [3.05, 3.63) is 32.3 Å². The minimum Gasteiger partial charge on any atom is -0.353 e. The normalized spacial score (nSPS) is 24.2. The summed E-state index contributed by atoms with van der Waals surface area (Å²) >= 11 is 1.30. The number of H-pyrrole nitrogens is 1. The van der Waals surface area contributed by atoms with Gasteiger partial charge in [-0.05, 0) is 29.7 Å². The van der Waals surface area contributed by atoms with Gasteiger partial charge in [0.05, 0.1) is 5.52 Å². The maximum absolute atomic E-state index is 12.3. The summed E-state index contributed by atoms with van der Waals surface area (Å²) in [6.45, 7) is 4.50. The lowest BCUT2D eigenvalue weighted by Gasteiger charge is -2.34. The standard InChI is InChI=1S/C17H23N3O3S/c1-10-4-3-5-12(11(10)2)18-14(21)6-8-20-16(22)15-13(7-9-24-15)19-17(20)23/h7,9-12H,3-6,8H2,1-2H3,(H,18,21)(H,19,23)/t10-,11+,12+/m1/s1. The van der Waals surface area contributed by atoms with E-state index in [0.717, 1.165) is 17.4 Å². The second-order valence-electron chi connectivity index (χ2n) is 6.74. The Kier molecular flexibility index (Phi) is 4.89. The Bertz CT molecular complexity index is 851. The van der Waals surface area contributed by atoms with Crippen LogP contribution in [0.5, 0.6) is 0 Å². The van der Waals surface area contributed by atoms with Crippen LogP contribution in [0.4, 0.5) is 0 Å². The van der Waals surface area contributed by atoms with Crippen molar-refractivity contribution in [2.45, 2.75) is 52.1 Å². The molecule has 6 nitrogen and oxygen atoms in total. The Morgan fingerprint density at radius 1 is 1.38 bits per heavy atom. The average Bonchev–Trinajstić information content (AvgIpc) is 3.00. The van der Waals surface area contributed by atoms with Crippen molar-refractivity contribution in [2.75, 3.05) is 0 Å². The number of aromatic amines is 1. The molecule has 3 atom stereocenters. The highest BCUT2D eigenvalue weighted by molar-refractivity contribution is 7.17. The van der Waals surface area contributed by atoms with Crippen molar-refractivity contribution in [1.82, 2.24) is 14.9 Å². The summed E-state index contributed by atoms with van der Waals surface area (Å²) in [6, 6.07) is 1.90. The molecule has 130 valence electrons. The van der Waals surface area contributed by atoms with Crippen molar-refractivity contribution >= 4 is 27.5 Å². The highest BCUT2D eigenvalue weighted by Crippen LogP contribution is 2.29. The van der Waals surface area contributed by atoms with Crippen LogP contribution in [-0.4, -0.2) is 21.5 Å². The quantitative estimate of drug-likeness (QED) is 0.886. The largest absolute Gasteiger partial charge is 0.353 e. The molecule has 0 aromatic carbocycles. The molecule has 2 aromatic rings. The first kappa shape index (κ1) is 17.0. The van der Waals surface area contributed by atoms with Crippen LogP contribution in [0.2, 0.25) is 0 Å². The number of aromatic nitrogens is 2. The minimum absolute atomic E-state index is 0.0986. The smallest absolute Gasteiger partial charge is 0.328 e. The van der Waals surface area contributed by atoms with Crippen LogP contribution in [0.25, 0.3) is 10.2 Å². The zero-order valence-electron chi connectivity index (χ0n) is 14.0. The van der Waals surface area contributed by atoms with Crippen molar-refractivity contribution in [3.63, 3.8) is 0 Å². The molecule has 2 heterocycles. The molecule has 0 radical (unpaired) electrons. The highest BCUT2D eigenvalue weighted by atomic mass is 32.1. The molecule has 0 saturated heterocycles. The third-order valence-electron chi connectivity index (χ3n) is 5.21. The number of thiophene rings is 1. The van der Waals surface area contributed by atoms with E-state index in [-0.39, 0.29) is 30.5 Å². The molecule has 1 aliphatic carbocycles. The van der Waals surface area contributed by atoms with Crippen LogP contribution in [0.1, 0.15) is 39.5 Å². The first-order valence-electron chi connectivity index (χ1n) is 8.47. The molecule has 2 N–H and O–H groups in total. The number of carbonyl (C=O) groups excluding carboxylic acids is 1. The van der Waals surface area contributed by atoms with Gasteiger partial charge in [-0.2, -0.15) is 0 Å². The SMILES string of the molecule is C[C@H]1[C@H](C)CCC[C@@H]1NC(=O)CCn1c(=O)[nH]c2ccsc2c1=O. The first-order valence-corrected chi connectivity index (χ1v) is 9.35. The highest BCUT2D eigenvalue weighted by Gasteiger charge is 2.28. The van der Waals surface area contributed by atoms with Crippen LogP contribution in [-0.2, 0) is 11.3 Å². The van der Waals surface area contributed by atoms with E-state index in [1.54, 1.807) is 11.4 Å². The minimum atomic E-state index is -0.460. The summed E-state index contributed by atoms with van der Waals surface area (Å²) in [5, 5.41) is 4.84. The summed E-state index contributed by atoms with van der Waals surface area (Å²) < 4.78 is 1.63. The van der Waals surface area contributed by atoms with Crippen LogP contribution in [0.3, 0.4) is 0 Å². The number of rotatable bonds is 4. The predicted molar refractivity (Wildman–Crippen MR) is 95.4 cm³/mol. The molecule has 2 aromatic heterocycles. The average molecular weight is 349 g/mol. The molecule has 0 unspecified atom stereocenters. The molecule has 1 amide bonds. The second kappa shape index (κ2) is 6.93. The van der Waals surface area contributed by atoms with Gasteiger partial charge in [-0.25, -0.2) is 4.79 Å². The number of fused-ring (bicyclic) bond motifs is 1. The number of carbonyl (C=O) groups is 1. The van der Waals surface area contributed by atoms with Gasteiger partial charge in [-0.3, -0.25) is 14.2 Å². The van der Waals surface area contributed by atoms with Gasteiger partial charge in [-0.15, -0.1) is 11.3 Å². The lowest BCUT2D eigenvalue weighted by Crippen LogP contribution is -2.44. The molecular weight excluding hydrogens is 326 g/mol. The van der Waals surface area contributed by atoms with E-state index in [9.17, 15) is 14.4 Å². The van der Waals surface area contributed by atoms with Gasteiger partial charge in [0.2, 0.25) is 5.91 Å². The predicted octanol–water partition coefficient (Wildman–Crippen LogP) is 2.08. The van der Waals surface area contributed by atoms with E-state index in [4.69, 9.17) is 0 Å². The van der Waals surface area contributed by atoms with Crippen molar-refractivity contribution < 1.29 is 4.79 Å². The van der Waals surface area contributed by atoms with Gasteiger partial charge in [-0.1, -0.05) is 26.7 Å². The van der Waals surface area contributed by atoms with E-state index < -0.39 is 5.69 Å². The number of amides is 1. The Balaban J connectivity index is 1.66. The van der Waals surface area contributed by atoms with Crippen LogP contribution in [0, 0.1) is 11.8 Å². The second-order valence-corrected chi connectivity index (χ2v) is 7.66. The van der Waals surface area contributed by atoms with E-state index in [1.807, 2.05) is 0 Å². The summed E-state index contributed by atoms with van der Waals surface area (Å²) in [4.78, 5) is 39.3. The maximum atomic E-state index is 12.3. The fraction of sp³-hybridized carbons (Fsp3) is 0.588. The fourth-order valence-corrected chi connectivity index (χ4v) is 4.25. The van der Waals surface area contributed by atoms with Gasteiger partial charge in [0.25, 0.3) is 5.56 Å². The van der Waals surface area contributed by atoms with E-state index in [0.29, 0.717) is 22.1 Å². The number of hydrogen-bond acceptors (Lipinski definition) is 4. The monoisotopic (exact) mass is 349 g/mol. The van der Waals surface area contributed by atoms with Crippen LogP contribution < -0.4 is 16.6 Å². The van der Waals surface area contributed by atoms with Gasteiger partial charge < -0.3 is 10.3 Å². The van der Waals surface area contributed by atoms with Crippen LogP contribution >= 0.6 is 11.3 Å². The lowest BCUT2D eigenvalue weighted by molar-refractivity contribution is -0.122. The third-order valence-corrected chi connectivity index (χ3v) is 6.11. The Hall–Kier alpha value is -1.89.